The Morgan fingerprint density at radius 1 is 0.839 bits per heavy atom. The Balaban J connectivity index is 1.31. The molecule has 156 valence electrons. The second-order valence-electron chi connectivity index (χ2n) is 8.00. The van der Waals surface area contributed by atoms with Crippen LogP contribution in [0.15, 0.2) is 78.9 Å². The van der Waals surface area contributed by atoms with E-state index >= 15 is 0 Å². The molecule has 31 heavy (non-hydrogen) atoms. The first kappa shape index (κ1) is 19.4. The summed E-state index contributed by atoms with van der Waals surface area (Å²) < 4.78 is 5.63. The number of hydrogen-bond donors (Lipinski definition) is 0. The van der Waals surface area contributed by atoms with Gasteiger partial charge in [0, 0.05) is 43.9 Å². The summed E-state index contributed by atoms with van der Waals surface area (Å²) in [6.07, 6.45) is 0.259. The number of rotatable bonds is 3. The zero-order valence-electron chi connectivity index (χ0n) is 17.2. The zero-order valence-corrected chi connectivity index (χ0v) is 17.2. The van der Waals surface area contributed by atoms with E-state index in [0.29, 0.717) is 30.6 Å². The SMILES string of the molecule is O=C1OC(c2ccccc2)Cc2cc(C(=O)N3CCN(c4ccccc4)CC3)ccc21. The average molecular weight is 412 g/mol. The second kappa shape index (κ2) is 8.26. The lowest BCUT2D eigenvalue weighted by molar-refractivity contribution is 0.0252. The molecule has 3 aromatic carbocycles. The van der Waals surface area contributed by atoms with Crippen molar-refractivity contribution < 1.29 is 14.3 Å². The van der Waals surface area contributed by atoms with E-state index in [1.54, 1.807) is 12.1 Å². The first-order valence-corrected chi connectivity index (χ1v) is 10.7. The van der Waals surface area contributed by atoms with E-state index in [1.165, 1.54) is 5.69 Å². The highest BCUT2D eigenvalue weighted by Crippen LogP contribution is 2.31. The first-order chi connectivity index (χ1) is 15.2. The van der Waals surface area contributed by atoms with Crippen molar-refractivity contribution in [2.75, 3.05) is 31.1 Å². The number of cyclic esters (lactones) is 1. The smallest absolute Gasteiger partial charge is 0.339 e. The number of piperazine rings is 1. The molecular weight excluding hydrogens is 388 g/mol. The van der Waals surface area contributed by atoms with E-state index in [9.17, 15) is 9.59 Å². The topological polar surface area (TPSA) is 49.9 Å². The summed E-state index contributed by atoms with van der Waals surface area (Å²) in [5, 5.41) is 0. The number of benzene rings is 3. The summed E-state index contributed by atoms with van der Waals surface area (Å²) in [7, 11) is 0. The molecule has 5 nitrogen and oxygen atoms in total. The van der Waals surface area contributed by atoms with Gasteiger partial charge in [-0.2, -0.15) is 0 Å². The Hall–Kier alpha value is -3.60. The number of carbonyl (C=O) groups is 2. The van der Waals surface area contributed by atoms with Crippen LogP contribution < -0.4 is 4.90 Å². The van der Waals surface area contributed by atoms with Crippen molar-refractivity contribution in [1.82, 2.24) is 4.90 Å². The van der Waals surface area contributed by atoms with Gasteiger partial charge >= 0.3 is 5.97 Å². The van der Waals surface area contributed by atoms with Crippen LogP contribution in [0.2, 0.25) is 0 Å². The van der Waals surface area contributed by atoms with E-state index < -0.39 is 0 Å². The molecule has 5 rings (SSSR count). The molecule has 0 N–H and O–H groups in total. The van der Waals surface area contributed by atoms with Crippen LogP contribution in [-0.4, -0.2) is 43.0 Å². The lowest BCUT2D eigenvalue weighted by atomic mass is 9.93. The summed E-state index contributed by atoms with van der Waals surface area (Å²) in [6, 6.07) is 25.4. The number of para-hydroxylation sites is 1. The Bertz CT molecular complexity index is 1090. The predicted octanol–water partition coefficient (Wildman–Crippen LogP) is 4.10. The fourth-order valence-corrected chi connectivity index (χ4v) is 4.37. The third-order valence-corrected chi connectivity index (χ3v) is 6.09. The molecule has 0 aromatic heterocycles. The summed E-state index contributed by atoms with van der Waals surface area (Å²) in [5.74, 6) is -0.309. The number of anilines is 1. The van der Waals surface area contributed by atoms with Crippen molar-refractivity contribution in [3.8, 4) is 0 Å². The van der Waals surface area contributed by atoms with Crippen molar-refractivity contribution in [2.45, 2.75) is 12.5 Å². The Morgan fingerprint density at radius 2 is 1.52 bits per heavy atom. The van der Waals surface area contributed by atoms with E-state index in [0.717, 1.165) is 24.2 Å². The van der Waals surface area contributed by atoms with Gasteiger partial charge in [-0.05, 0) is 41.5 Å². The highest BCUT2D eigenvalue weighted by molar-refractivity contribution is 5.98. The molecule has 1 fully saturated rings. The number of hydrogen-bond acceptors (Lipinski definition) is 4. The van der Waals surface area contributed by atoms with Crippen molar-refractivity contribution in [1.29, 1.82) is 0 Å². The van der Waals surface area contributed by atoms with Gasteiger partial charge in [0.15, 0.2) is 0 Å². The Labute approximate surface area is 181 Å². The Morgan fingerprint density at radius 3 is 2.23 bits per heavy atom. The number of carbonyl (C=O) groups excluding carboxylic acids is 2. The number of ether oxygens (including phenoxy) is 1. The fraction of sp³-hybridized carbons (Fsp3) is 0.231. The first-order valence-electron chi connectivity index (χ1n) is 10.7. The van der Waals surface area contributed by atoms with Crippen molar-refractivity contribution in [3.63, 3.8) is 0 Å². The maximum absolute atomic E-state index is 13.2. The molecule has 0 aliphatic carbocycles. The minimum atomic E-state index is -0.328. The van der Waals surface area contributed by atoms with Gasteiger partial charge in [0.2, 0.25) is 0 Å². The van der Waals surface area contributed by atoms with Gasteiger partial charge in [-0.3, -0.25) is 4.79 Å². The molecule has 1 saturated heterocycles. The van der Waals surface area contributed by atoms with E-state index in [1.807, 2.05) is 59.5 Å². The van der Waals surface area contributed by atoms with Gasteiger partial charge in [-0.15, -0.1) is 0 Å². The largest absolute Gasteiger partial charge is 0.454 e. The van der Waals surface area contributed by atoms with Gasteiger partial charge in [-0.1, -0.05) is 48.5 Å². The quantitative estimate of drug-likeness (QED) is 0.608. The average Bonchev–Trinajstić information content (AvgIpc) is 2.84. The highest BCUT2D eigenvalue weighted by atomic mass is 16.5. The van der Waals surface area contributed by atoms with Crippen LogP contribution in [0.5, 0.6) is 0 Å². The van der Waals surface area contributed by atoms with Crippen LogP contribution in [0.4, 0.5) is 5.69 Å². The number of nitrogens with zero attached hydrogens (tertiary/aromatic N) is 2. The predicted molar refractivity (Wildman–Crippen MR) is 119 cm³/mol. The third-order valence-electron chi connectivity index (χ3n) is 6.09. The van der Waals surface area contributed by atoms with Crippen molar-refractivity contribution in [2.24, 2.45) is 0 Å². The molecule has 0 spiro atoms. The minimum absolute atomic E-state index is 0.0192. The minimum Gasteiger partial charge on any atom is -0.454 e. The molecule has 2 aliphatic heterocycles. The van der Waals surface area contributed by atoms with Crippen molar-refractivity contribution in [3.05, 3.63) is 101 Å². The molecular formula is C26H24N2O3. The second-order valence-corrected chi connectivity index (χ2v) is 8.00. The molecule has 5 heteroatoms. The summed E-state index contributed by atoms with van der Waals surface area (Å²) in [4.78, 5) is 29.9. The molecule has 2 aliphatic rings. The van der Waals surface area contributed by atoms with Gasteiger partial charge < -0.3 is 14.5 Å². The molecule has 0 radical (unpaired) electrons. The molecule has 1 amide bonds. The molecule has 0 bridgehead atoms. The summed E-state index contributed by atoms with van der Waals surface area (Å²) >= 11 is 0. The Kier molecular flexibility index (Phi) is 5.16. The standard InChI is InChI=1S/C26H24N2O3/c29-25(28-15-13-27(14-16-28)22-9-5-2-6-10-22)20-11-12-23-21(17-20)18-24(31-26(23)30)19-7-3-1-4-8-19/h1-12,17,24H,13-16,18H2. The number of esters is 1. The van der Waals surface area contributed by atoms with E-state index in [4.69, 9.17) is 4.74 Å². The molecule has 2 heterocycles. The van der Waals surface area contributed by atoms with E-state index in [-0.39, 0.29) is 18.0 Å². The van der Waals surface area contributed by atoms with Gasteiger partial charge in [0.1, 0.15) is 6.10 Å². The lowest BCUT2D eigenvalue weighted by Crippen LogP contribution is -2.48. The third kappa shape index (κ3) is 3.91. The molecule has 1 atom stereocenters. The fourth-order valence-electron chi connectivity index (χ4n) is 4.37. The zero-order chi connectivity index (χ0) is 21.2. The normalized spacial score (nSPS) is 18.3. The maximum Gasteiger partial charge on any atom is 0.339 e. The van der Waals surface area contributed by atoms with Crippen molar-refractivity contribution >= 4 is 17.6 Å². The van der Waals surface area contributed by atoms with Gasteiger partial charge in [0.25, 0.3) is 5.91 Å². The van der Waals surface area contributed by atoms with Crippen LogP contribution in [0.3, 0.4) is 0 Å². The summed E-state index contributed by atoms with van der Waals surface area (Å²) in [6.45, 7) is 2.98. The van der Waals surface area contributed by atoms with E-state index in [2.05, 4.69) is 17.0 Å². The van der Waals surface area contributed by atoms with Crippen LogP contribution in [0.1, 0.15) is 37.9 Å². The number of fused-ring (bicyclic) bond motifs is 1. The van der Waals surface area contributed by atoms with Gasteiger partial charge in [0.05, 0.1) is 5.56 Å². The summed E-state index contributed by atoms with van der Waals surface area (Å²) in [5.41, 5.74) is 4.22. The molecule has 1 unspecified atom stereocenters. The van der Waals surface area contributed by atoms with Crippen LogP contribution >= 0.6 is 0 Å². The monoisotopic (exact) mass is 412 g/mol. The van der Waals surface area contributed by atoms with Crippen LogP contribution in [0, 0.1) is 0 Å². The number of amides is 1. The highest BCUT2D eigenvalue weighted by Gasteiger charge is 2.29. The molecule has 3 aromatic rings. The van der Waals surface area contributed by atoms with Crippen LogP contribution in [0.25, 0.3) is 0 Å². The maximum atomic E-state index is 13.2. The van der Waals surface area contributed by atoms with Crippen LogP contribution in [-0.2, 0) is 11.2 Å². The molecule has 0 saturated carbocycles. The van der Waals surface area contributed by atoms with Gasteiger partial charge in [-0.25, -0.2) is 4.79 Å². The lowest BCUT2D eigenvalue weighted by Gasteiger charge is -2.36.